The van der Waals surface area contributed by atoms with Gasteiger partial charge in [0.15, 0.2) is 5.65 Å². The van der Waals surface area contributed by atoms with Gasteiger partial charge in [0.2, 0.25) is 0 Å². The maximum atomic E-state index is 12.8. The number of nitrogens with zero attached hydrogens (tertiary/aromatic N) is 3. The summed E-state index contributed by atoms with van der Waals surface area (Å²) in [5.74, 6) is 4.69. The molecular weight excluding hydrogens is 408 g/mol. The first kappa shape index (κ1) is 19.9. The van der Waals surface area contributed by atoms with Crippen LogP contribution in [0.1, 0.15) is 40.5 Å². The summed E-state index contributed by atoms with van der Waals surface area (Å²) in [6.07, 6.45) is 2.99. The molecule has 3 heterocycles. The van der Waals surface area contributed by atoms with Gasteiger partial charge in [0.25, 0.3) is 5.91 Å². The van der Waals surface area contributed by atoms with Crippen molar-refractivity contribution in [3.8, 4) is 0 Å². The van der Waals surface area contributed by atoms with Gasteiger partial charge in [-0.1, -0.05) is 29.3 Å². The first-order chi connectivity index (χ1) is 13.7. The Morgan fingerprint density at radius 3 is 2.55 bits per heavy atom. The smallest absolute Gasteiger partial charge is 0.258 e. The van der Waals surface area contributed by atoms with E-state index in [-0.39, 0.29) is 11.9 Å². The number of pyridine rings is 1. The Morgan fingerprint density at radius 1 is 1.24 bits per heavy atom. The van der Waals surface area contributed by atoms with Crippen molar-refractivity contribution < 1.29 is 9.00 Å². The lowest BCUT2D eigenvalue weighted by molar-refractivity contribution is 0.102. The number of hydrogen-bond acceptors (Lipinski definition) is 4. The Hall–Kier alpha value is -2.38. The number of hydrogen-bond donors (Lipinski definition) is 1. The van der Waals surface area contributed by atoms with E-state index in [1.54, 1.807) is 0 Å². The second-order valence-electron chi connectivity index (χ2n) is 7.64. The van der Waals surface area contributed by atoms with Crippen LogP contribution in [0.4, 0.5) is 5.69 Å². The number of halogens is 1. The number of nitrogens with one attached hydrogen (secondary N) is 1. The van der Waals surface area contributed by atoms with Crippen molar-refractivity contribution in [2.75, 3.05) is 16.8 Å². The number of carbonyl (C=O) groups excluding carboxylic acids is 1. The van der Waals surface area contributed by atoms with Gasteiger partial charge >= 0.3 is 0 Å². The van der Waals surface area contributed by atoms with Gasteiger partial charge in [0, 0.05) is 23.4 Å². The first-order valence-electron chi connectivity index (χ1n) is 9.49. The largest absolute Gasteiger partial charge is 0.322 e. The summed E-state index contributed by atoms with van der Waals surface area (Å²) in [5.41, 5.74) is 3.50. The number of carbonyl (C=O) groups is 1. The molecule has 0 aliphatic carbocycles. The second kappa shape index (κ2) is 7.46. The summed E-state index contributed by atoms with van der Waals surface area (Å²) in [6.45, 7) is 3.85. The topological polar surface area (TPSA) is 76.9 Å². The van der Waals surface area contributed by atoms with E-state index in [4.69, 9.17) is 11.6 Å². The summed E-state index contributed by atoms with van der Waals surface area (Å²) >= 11 is 6.62. The highest BCUT2D eigenvalue weighted by atomic mass is 35.5. The molecule has 8 heteroatoms. The van der Waals surface area contributed by atoms with Gasteiger partial charge in [0.05, 0.1) is 27.7 Å². The summed E-state index contributed by atoms with van der Waals surface area (Å²) in [7, 11) is -1.97. The number of amides is 1. The molecule has 6 nitrogen and oxygen atoms in total. The predicted octanol–water partition coefficient (Wildman–Crippen LogP) is 4.01. The SMILES string of the molecule is C=S1(=O)CCC(n2nc(C)c3c(Cl)c(C(=O)Nc4ccc(C)cc4)cnc32)CC1. The van der Waals surface area contributed by atoms with E-state index in [9.17, 15) is 9.00 Å². The predicted molar refractivity (Wildman–Crippen MR) is 120 cm³/mol. The molecule has 1 fully saturated rings. The highest BCUT2D eigenvalue weighted by Gasteiger charge is 2.26. The van der Waals surface area contributed by atoms with Gasteiger partial charge in [-0.3, -0.25) is 9.00 Å². The average molecular weight is 431 g/mol. The molecule has 0 radical (unpaired) electrons. The van der Waals surface area contributed by atoms with E-state index >= 15 is 0 Å². The van der Waals surface area contributed by atoms with Crippen LogP contribution in [-0.4, -0.2) is 42.3 Å². The van der Waals surface area contributed by atoms with Crippen LogP contribution in [0.2, 0.25) is 5.02 Å². The molecular formula is C21H23ClN4O2S. The number of fused-ring (bicyclic) bond motifs is 1. The zero-order chi connectivity index (χ0) is 20.8. The molecule has 4 rings (SSSR count). The molecule has 0 unspecified atom stereocenters. The second-order valence-corrected chi connectivity index (χ2v) is 10.8. The molecule has 1 amide bonds. The number of aryl methyl sites for hydroxylation is 2. The highest BCUT2D eigenvalue weighted by molar-refractivity contribution is 8.00. The Kier molecular flexibility index (Phi) is 5.12. The van der Waals surface area contributed by atoms with E-state index in [1.165, 1.54) is 6.20 Å². The van der Waals surface area contributed by atoms with Gasteiger partial charge in [-0.25, -0.2) is 9.67 Å². The zero-order valence-corrected chi connectivity index (χ0v) is 18.0. The molecule has 152 valence electrons. The fourth-order valence-corrected chi connectivity index (χ4v) is 5.64. The molecule has 1 aliphatic heterocycles. The monoisotopic (exact) mass is 430 g/mol. The number of benzene rings is 1. The standard InChI is InChI=1S/C21H23ClN4O2S/c1-13-4-6-15(7-5-13)24-21(27)17-12-23-20-18(19(17)22)14(2)25-26(20)16-8-10-29(3,28)11-9-16/h4-7,12,16H,3,8-11H2,1-2H3,(H,24,27). The molecule has 3 aromatic rings. The molecule has 1 saturated heterocycles. The van der Waals surface area contributed by atoms with Crippen molar-refractivity contribution in [1.29, 1.82) is 0 Å². The Bertz CT molecular complexity index is 1190. The Morgan fingerprint density at radius 2 is 1.90 bits per heavy atom. The van der Waals surface area contributed by atoms with Crippen LogP contribution in [0.25, 0.3) is 11.0 Å². The Labute approximate surface area is 175 Å². The van der Waals surface area contributed by atoms with E-state index in [2.05, 4.69) is 21.3 Å². The average Bonchev–Trinajstić information content (AvgIpc) is 3.01. The molecule has 0 saturated carbocycles. The molecule has 1 N–H and O–H groups in total. The number of aromatic nitrogens is 3. The molecule has 2 aromatic heterocycles. The van der Waals surface area contributed by atoms with Crippen molar-refractivity contribution in [1.82, 2.24) is 14.8 Å². The minimum absolute atomic E-state index is 0.110. The summed E-state index contributed by atoms with van der Waals surface area (Å²) < 4.78 is 14.0. The summed E-state index contributed by atoms with van der Waals surface area (Å²) in [6, 6.07) is 7.67. The van der Waals surface area contributed by atoms with Crippen molar-refractivity contribution in [2.45, 2.75) is 32.7 Å². The quantitative estimate of drug-likeness (QED) is 0.637. The van der Waals surface area contributed by atoms with Crippen LogP contribution in [0.3, 0.4) is 0 Å². The lowest BCUT2D eigenvalue weighted by Crippen LogP contribution is -2.26. The van der Waals surface area contributed by atoms with Crippen molar-refractivity contribution >= 4 is 49.6 Å². The number of anilines is 1. The van der Waals surface area contributed by atoms with Crippen LogP contribution >= 0.6 is 11.6 Å². The fourth-order valence-electron chi connectivity index (χ4n) is 3.67. The molecule has 0 atom stereocenters. The third-order valence-corrected chi connectivity index (χ3v) is 7.73. The van der Waals surface area contributed by atoms with E-state index in [1.807, 2.05) is 42.8 Å². The Balaban J connectivity index is 1.66. The van der Waals surface area contributed by atoms with Gasteiger partial charge in [-0.15, -0.1) is 0 Å². The van der Waals surface area contributed by atoms with E-state index in [0.29, 0.717) is 38.8 Å². The minimum Gasteiger partial charge on any atom is -0.322 e. The summed E-state index contributed by atoms with van der Waals surface area (Å²) in [5, 5.41) is 8.53. The maximum Gasteiger partial charge on any atom is 0.258 e. The zero-order valence-electron chi connectivity index (χ0n) is 16.4. The van der Waals surface area contributed by atoms with Crippen molar-refractivity contribution in [2.24, 2.45) is 0 Å². The van der Waals surface area contributed by atoms with Crippen LogP contribution in [0.5, 0.6) is 0 Å². The van der Waals surface area contributed by atoms with Gasteiger partial charge in [-0.2, -0.15) is 5.10 Å². The van der Waals surface area contributed by atoms with Crippen LogP contribution in [-0.2, 0) is 9.52 Å². The third kappa shape index (κ3) is 3.89. The fraction of sp³-hybridized carbons (Fsp3) is 0.333. The van der Waals surface area contributed by atoms with Crippen molar-refractivity contribution in [3.63, 3.8) is 0 Å². The first-order valence-corrected chi connectivity index (χ1v) is 11.9. The normalized spacial score (nSPS) is 22.0. The number of rotatable bonds is 3. The van der Waals surface area contributed by atoms with E-state index < -0.39 is 9.52 Å². The molecule has 1 aromatic carbocycles. The van der Waals surface area contributed by atoms with Crippen LogP contribution < -0.4 is 5.32 Å². The van der Waals surface area contributed by atoms with E-state index in [0.717, 1.165) is 24.1 Å². The van der Waals surface area contributed by atoms with Gasteiger partial charge < -0.3 is 5.32 Å². The molecule has 1 aliphatic rings. The lowest BCUT2D eigenvalue weighted by atomic mass is 10.1. The van der Waals surface area contributed by atoms with Crippen molar-refractivity contribution in [3.05, 3.63) is 52.3 Å². The maximum absolute atomic E-state index is 12.8. The van der Waals surface area contributed by atoms with Gasteiger partial charge in [-0.05, 0) is 54.2 Å². The molecule has 29 heavy (non-hydrogen) atoms. The third-order valence-electron chi connectivity index (χ3n) is 5.38. The summed E-state index contributed by atoms with van der Waals surface area (Å²) in [4.78, 5) is 17.3. The van der Waals surface area contributed by atoms with Gasteiger partial charge in [0.1, 0.15) is 0 Å². The molecule has 0 bridgehead atoms. The van der Waals surface area contributed by atoms with Crippen LogP contribution in [0, 0.1) is 13.8 Å². The highest BCUT2D eigenvalue weighted by Crippen LogP contribution is 2.33. The van der Waals surface area contributed by atoms with Crippen LogP contribution in [0.15, 0.2) is 30.5 Å². The molecule has 0 spiro atoms. The lowest BCUT2D eigenvalue weighted by Gasteiger charge is -2.25. The minimum atomic E-state index is -1.97.